The number of aldehydes is 1. The molecule has 0 radical (unpaired) electrons. The standard InChI is InChI=1S/C14H14BrNO3.C14H12BrNO3.C9H10O3.C5H3Br2N.3C2H6.CH3.I2.Li.Mn.2O/c2*1-18-11-5-3-9(7-12(11)19-2)14(17)10-4-6-13(15)16-8-10;1-11-8-4-3-7(6-10)5-9(8)12-2;6-4-1-2-5(7)8-3-4;3*1-2;;1-2;;;;/h3-8,14,17H,1-2H3;3-8H,1-2H3;3-6H,1-2H3;1-3H;3*1-2H3;1H3;;;;;/q;;;;;;;-1;;+1;;;. The first-order valence-electron chi connectivity index (χ1n) is 20.2. The van der Waals surface area contributed by atoms with Crippen LogP contribution in [0.1, 0.15) is 85.1 Å². The van der Waals surface area contributed by atoms with Crippen LogP contribution >= 0.6 is 101 Å². The van der Waals surface area contributed by atoms with E-state index < -0.39 is 20.9 Å². The third-order valence-corrected chi connectivity index (χ3v) is 9.54. The molecule has 0 amide bonds. The van der Waals surface area contributed by atoms with E-state index in [-0.39, 0.29) is 32.1 Å². The molecule has 1 N–H and O–H groups in total. The minimum absolute atomic E-state index is 0. The van der Waals surface area contributed by atoms with E-state index in [1.807, 2.05) is 59.7 Å². The number of rotatable bonds is 11. The van der Waals surface area contributed by atoms with E-state index >= 15 is 0 Å². The van der Waals surface area contributed by atoms with Crippen LogP contribution in [0.2, 0.25) is 0 Å². The number of aromatic nitrogens is 3. The van der Waals surface area contributed by atoms with Crippen molar-refractivity contribution in [2.45, 2.75) is 47.6 Å². The molecule has 0 bridgehead atoms. The van der Waals surface area contributed by atoms with Crippen LogP contribution in [0, 0.1) is 7.43 Å². The third kappa shape index (κ3) is 31.0. The summed E-state index contributed by atoms with van der Waals surface area (Å²) in [4.78, 5) is 34.7. The summed E-state index contributed by atoms with van der Waals surface area (Å²) in [5, 5.41) is 10.3. The summed E-state index contributed by atoms with van der Waals surface area (Å²) in [6.07, 6.45) is 4.92. The zero-order chi connectivity index (χ0) is 53.3. The number of halogens is 6. The molecule has 3 aromatic carbocycles. The van der Waals surface area contributed by atoms with Gasteiger partial charge in [0.15, 0.2) is 40.3 Å². The summed E-state index contributed by atoms with van der Waals surface area (Å²) in [5.74, 6) is 3.43. The molecule has 6 aromatic rings. The SMILES string of the molecule is Brc1ccc(Br)nc1.CC.CC.CC.COc1ccc(C(=O)c2ccc(Br)nc2)cc1OC.COc1ccc(C(O)c2ccc(Br)nc2)cc1OC.COc1ccc(C=O)cc1OC.II.[CH3-].[Li+].[O]=[Mn]=[O]. The Morgan fingerprint density at radius 1 is 0.535 bits per heavy atom. The van der Waals surface area contributed by atoms with Gasteiger partial charge in [-0.1, -0.05) is 53.7 Å². The van der Waals surface area contributed by atoms with Gasteiger partial charge in [-0.05, 0) is 148 Å². The van der Waals surface area contributed by atoms with Gasteiger partial charge in [0.2, 0.25) is 0 Å². The first-order chi connectivity index (χ1) is 33.3. The molecule has 387 valence electrons. The van der Waals surface area contributed by atoms with Crippen molar-refractivity contribution in [3.8, 4) is 34.5 Å². The fourth-order valence-corrected chi connectivity index (χ4v) is 5.64. The Hall–Kier alpha value is -2.69. The van der Waals surface area contributed by atoms with Gasteiger partial charge >= 0.3 is 41.4 Å². The minimum atomic E-state index is -1.44. The van der Waals surface area contributed by atoms with Crippen molar-refractivity contribution in [3.63, 3.8) is 0 Å². The van der Waals surface area contributed by atoms with Gasteiger partial charge in [0.1, 0.15) is 26.2 Å². The molecular weight excluding hydrogens is 1440 g/mol. The molecular formula is C49H60Br4I2LiMnN3O11. The molecule has 14 nitrogen and oxygen atoms in total. The summed E-state index contributed by atoms with van der Waals surface area (Å²) in [6.45, 7) is 12.0. The molecule has 1 unspecified atom stereocenters. The number of carbonyl (C=O) groups excluding carboxylic acids is 2. The molecule has 0 fully saturated rings. The van der Waals surface area contributed by atoms with Crippen molar-refractivity contribution >= 4 is 113 Å². The second-order valence-corrected chi connectivity index (χ2v) is 14.8. The fourth-order valence-electron chi connectivity index (χ4n) is 4.70. The molecule has 3 aromatic heterocycles. The molecule has 0 aliphatic heterocycles. The number of nitrogens with zero attached hydrogens (tertiary/aromatic N) is 3. The maximum absolute atomic E-state index is 12.3. The Morgan fingerprint density at radius 3 is 1.28 bits per heavy atom. The fraction of sp³-hybridized carbons (Fsp3) is 0.265. The summed E-state index contributed by atoms with van der Waals surface area (Å²) in [7, 11) is 9.32. The zero-order valence-electron chi connectivity index (χ0n) is 42.1. The van der Waals surface area contributed by atoms with Gasteiger partial charge in [-0.2, -0.15) is 0 Å². The summed E-state index contributed by atoms with van der Waals surface area (Å²) in [5.41, 5.74) is 3.07. The number of ether oxygens (including phenoxy) is 6. The Labute approximate surface area is 494 Å². The number of aliphatic hydroxyl groups excluding tert-OH is 1. The first kappa shape index (κ1) is 77.2. The van der Waals surface area contributed by atoms with Crippen LogP contribution in [0.15, 0.2) is 128 Å². The maximum atomic E-state index is 12.3. The van der Waals surface area contributed by atoms with E-state index in [2.05, 4.69) is 116 Å². The van der Waals surface area contributed by atoms with Crippen molar-refractivity contribution in [2.24, 2.45) is 0 Å². The van der Waals surface area contributed by atoms with Gasteiger partial charge in [-0.3, -0.25) is 9.59 Å². The van der Waals surface area contributed by atoms with Gasteiger partial charge in [0.25, 0.3) is 0 Å². The zero-order valence-corrected chi connectivity index (χ0v) is 53.9. The number of aliphatic hydroxyl groups is 1. The molecule has 3 heterocycles. The second-order valence-electron chi connectivity index (χ2n) is 11.3. The molecule has 0 saturated carbocycles. The van der Waals surface area contributed by atoms with Crippen molar-refractivity contribution < 1.29 is 84.5 Å². The van der Waals surface area contributed by atoms with Crippen LogP contribution in [0.3, 0.4) is 0 Å². The van der Waals surface area contributed by atoms with Crippen LogP contribution in [0.25, 0.3) is 0 Å². The van der Waals surface area contributed by atoms with Crippen LogP contribution in [-0.4, -0.2) is 74.8 Å². The van der Waals surface area contributed by atoms with E-state index in [1.54, 1.807) is 114 Å². The Kier molecular flexibility index (Phi) is 53.8. The van der Waals surface area contributed by atoms with Crippen LogP contribution in [0.4, 0.5) is 0 Å². The molecule has 1 atom stereocenters. The monoisotopic (exact) mass is 1500 g/mol. The number of pyridine rings is 3. The first-order valence-corrected chi connectivity index (χ1v) is 30.6. The Balaban J connectivity index is -0.000000261. The van der Waals surface area contributed by atoms with Gasteiger partial charge < -0.3 is 41.0 Å². The quantitative estimate of drug-likeness (QED) is 0.0323. The normalized spacial score (nSPS) is 9.00. The molecule has 0 aliphatic carbocycles. The van der Waals surface area contributed by atoms with Crippen LogP contribution in [-0.2, 0) is 22.5 Å². The average molecular weight is 1500 g/mol. The van der Waals surface area contributed by atoms with E-state index in [0.717, 1.165) is 31.1 Å². The Bertz CT molecular complexity index is 2320. The predicted octanol–water partition coefficient (Wildman–Crippen LogP) is 12.2. The number of benzene rings is 3. The molecule has 0 saturated heterocycles. The molecule has 6 rings (SSSR count). The molecule has 22 heteroatoms. The number of carbonyl (C=O) groups is 2. The van der Waals surface area contributed by atoms with E-state index in [9.17, 15) is 14.7 Å². The Morgan fingerprint density at radius 2 is 0.901 bits per heavy atom. The van der Waals surface area contributed by atoms with Gasteiger partial charge in [-0.15, -0.1) is 0 Å². The van der Waals surface area contributed by atoms with Crippen LogP contribution < -0.4 is 47.3 Å². The topological polar surface area (TPSA) is 183 Å². The van der Waals surface area contributed by atoms with E-state index in [4.69, 9.17) is 36.1 Å². The van der Waals surface area contributed by atoms with Crippen LogP contribution in [0.5, 0.6) is 34.5 Å². The van der Waals surface area contributed by atoms with E-state index in [0.29, 0.717) is 55.8 Å². The van der Waals surface area contributed by atoms with Gasteiger partial charge in [0.05, 0.1) is 42.7 Å². The van der Waals surface area contributed by atoms with Crippen molar-refractivity contribution in [3.05, 3.63) is 163 Å². The second kappa shape index (κ2) is 49.5. The number of ketones is 1. The molecule has 71 heavy (non-hydrogen) atoms. The number of hydrogen-bond acceptors (Lipinski definition) is 14. The number of hydrogen-bond donors (Lipinski definition) is 1. The van der Waals surface area contributed by atoms with Crippen molar-refractivity contribution in [2.75, 3.05) is 42.7 Å². The van der Waals surface area contributed by atoms with E-state index in [1.165, 1.54) is 20.4 Å². The molecule has 0 aliphatic rings. The molecule has 0 spiro atoms. The van der Waals surface area contributed by atoms with Crippen molar-refractivity contribution in [1.29, 1.82) is 0 Å². The number of methoxy groups -OCH3 is 6. The van der Waals surface area contributed by atoms with Gasteiger partial charge in [-0.25, -0.2) is 15.0 Å². The third-order valence-electron chi connectivity index (χ3n) is 7.66. The summed E-state index contributed by atoms with van der Waals surface area (Å²) in [6, 6.07) is 26.3. The predicted molar refractivity (Wildman–Crippen MR) is 305 cm³/mol. The summed E-state index contributed by atoms with van der Waals surface area (Å²) >= 11 is 15.8. The van der Waals surface area contributed by atoms with Gasteiger partial charge in [0, 0.05) is 82.5 Å². The summed E-state index contributed by atoms with van der Waals surface area (Å²) < 4.78 is 50.8. The van der Waals surface area contributed by atoms with Crippen molar-refractivity contribution in [1.82, 2.24) is 15.0 Å². The average Bonchev–Trinajstić information content (AvgIpc) is 3.41.